The van der Waals surface area contributed by atoms with Crippen molar-refractivity contribution in [2.45, 2.75) is 227 Å². The van der Waals surface area contributed by atoms with Gasteiger partial charge in [0.2, 0.25) is 70.9 Å². The Labute approximate surface area is 625 Å². The number of hydrogen-bond donors (Lipinski definition) is 19. The minimum absolute atomic E-state index is 0.0400. The van der Waals surface area contributed by atoms with E-state index in [9.17, 15) is 82.8 Å². The van der Waals surface area contributed by atoms with Crippen LogP contribution in [0.4, 0.5) is 0 Å². The normalized spacial score (nSPS) is 15.8. The van der Waals surface area contributed by atoms with Crippen LogP contribution in [0.1, 0.15) is 141 Å². The first kappa shape index (κ1) is 92.7. The fourth-order valence-corrected chi connectivity index (χ4v) is 11.2. The molecular weight excluding hydrogens is 1390 g/mol. The zero-order chi connectivity index (χ0) is 80.6. The summed E-state index contributed by atoms with van der Waals surface area (Å²) in [5, 5.41) is 72.7. The van der Waals surface area contributed by atoms with Crippen LogP contribution < -0.4 is 81.0 Å². The van der Waals surface area contributed by atoms with Crippen molar-refractivity contribution >= 4 is 94.6 Å². The Kier molecular flexibility index (Phi) is 40.1. The van der Waals surface area contributed by atoms with Crippen molar-refractivity contribution in [2.75, 3.05) is 18.6 Å². The molecule has 0 fully saturated rings. The van der Waals surface area contributed by atoms with E-state index in [-0.39, 0.29) is 50.4 Å². The SMILES string of the molecule is C/C=C(/NC(=O)[C@@H](NC(=O)[C@H](Cc1ccccc1)NC(=O)[C@@H](NC(=O)[C@@H](NC(=O)[C@@H](NC(=O)[C@@H](NC(=O)[C@@H](NC(=O)[C@@H](NC(=O)[C@@H](NC(=O)[C@H](CCSC)NC(=O)[C@H](Cc1ccc(O)cc1)NC(=O)[C@@H](N)CCCN=C(N)N)C(C)C)[C@@H](C)O)[C@@H](C)CC)[C@@H](C)O)C(C)C)C(C)C)C(C)C)C(C)C)C(=O)O. The van der Waals surface area contributed by atoms with E-state index in [2.05, 4.69) is 68.8 Å². The first-order valence-corrected chi connectivity index (χ1v) is 37.0. The topological polar surface area (TPSA) is 538 Å². The third kappa shape index (κ3) is 31.0. The first-order valence-electron chi connectivity index (χ1n) is 35.6. The van der Waals surface area contributed by atoms with Gasteiger partial charge in [0, 0.05) is 19.4 Å². The van der Waals surface area contributed by atoms with Gasteiger partial charge in [0.15, 0.2) is 5.96 Å². The number of guanidine groups is 1. The number of hydrogen-bond acceptors (Lipinski definition) is 19. The fourth-order valence-electron chi connectivity index (χ4n) is 10.7. The van der Waals surface area contributed by atoms with Crippen LogP contribution in [0.25, 0.3) is 0 Å². The molecule has 2 aromatic carbocycles. The molecule has 0 aliphatic rings. The second kappa shape index (κ2) is 45.8. The number of rotatable bonds is 45. The molecule has 0 saturated carbocycles. The number of benzene rings is 2. The summed E-state index contributed by atoms with van der Waals surface area (Å²) in [5.41, 5.74) is 17.7. The maximum Gasteiger partial charge on any atom is 0.352 e. The van der Waals surface area contributed by atoms with Crippen molar-refractivity contribution in [3.63, 3.8) is 0 Å². The summed E-state index contributed by atoms with van der Waals surface area (Å²) in [6.45, 7) is 23.3. The van der Waals surface area contributed by atoms with Gasteiger partial charge in [-0.25, -0.2) is 4.79 Å². The molecule has 0 saturated heterocycles. The van der Waals surface area contributed by atoms with Crippen molar-refractivity contribution in [3.8, 4) is 5.75 Å². The molecule has 33 nitrogen and oxygen atoms in total. The smallest absolute Gasteiger partial charge is 0.352 e. The monoisotopic (exact) mass is 1510 g/mol. The minimum atomic E-state index is -1.79. The summed E-state index contributed by atoms with van der Waals surface area (Å²) in [6.07, 6.45) is 0.245. The van der Waals surface area contributed by atoms with Crippen LogP contribution in [-0.2, 0) is 75.2 Å². The number of nitrogens with one attached hydrogen (secondary N) is 12. The Morgan fingerprint density at radius 1 is 0.453 bits per heavy atom. The number of aromatic hydroxyl groups is 1. The Morgan fingerprint density at radius 2 is 0.792 bits per heavy atom. The van der Waals surface area contributed by atoms with Crippen LogP contribution in [0.5, 0.6) is 5.75 Å². The summed E-state index contributed by atoms with van der Waals surface area (Å²) in [6, 6.07) is -2.41. The first-order chi connectivity index (χ1) is 49.6. The average molecular weight is 1510 g/mol. The molecule has 0 heterocycles. The van der Waals surface area contributed by atoms with Crippen LogP contribution in [0, 0.1) is 35.5 Å². The molecule has 0 aromatic heterocycles. The van der Waals surface area contributed by atoms with Crippen LogP contribution in [0.2, 0.25) is 0 Å². The van der Waals surface area contributed by atoms with Crippen LogP contribution >= 0.6 is 11.8 Å². The third-order valence-electron chi connectivity index (χ3n) is 17.4. The molecule has 592 valence electrons. The number of aliphatic hydroxyl groups excluding tert-OH is 2. The van der Waals surface area contributed by atoms with Gasteiger partial charge in [-0.15, -0.1) is 0 Å². The number of carbonyl (C=O) groups excluding carboxylic acids is 12. The molecule has 12 amide bonds. The van der Waals surface area contributed by atoms with E-state index in [0.29, 0.717) is 23.3 Å². The molecule has 0 spiro atoms. The number of thioether (sulfide) groups is 1. The molecule has 0 bridgehead atoms. The van der Waals surface area contributed by atoms with E-state index in [1.54, 1.807) is 132 Å². The Hall–Kier alpha value is -9.41. The predicted molar refractivity (Wildman–Crippen MR) is 401 cm³/mol. The Balaban J connectivity index is 2.39. The van der Waals surface area contributed by atoms with Gasteiger partial charge in [0.1, 0.15) is 77.9 Å². The lowest BCUT2D eigenvalue weighted by molar-refractivity contribution is -0.139. The van der Waals surface area contributed by atoms with Crippen LogP contribution in [0.15, 0.2) is 71.4 Å². The van der Waals surface area contributed by atoms with Crippen molar-refractivity contribution in [1.29, 1.82) is 0 Å². The lowest BCUT2D eigenvalue weighted by Gasteiger charge is -2.32. The second-order valence-electron chi connectivity index (χ2n) is 28.1. The number of nitrogens with zero attached hydrogens (tertiary/aromatic N) is 1. The van der Waals surface area contributed by atoms with Gasteiger partial charge >= 0.3 is 5.97 Å². The number of amides is 12. The molecule has 0 aliphatic carbocycles. The largest absolute Gasteiger partial charge is 0.508 e. The van der Waals surface area contributed by atoms with E-state index in [0.717, 1.165) is 0 Å². The number of aliphatic hydroxyl groups is 2. The maximum atomic E-state index is 14.4. The van der Waals surface area contributed by atoms with Gasteiger partial charge in [-0.3, -0.25) is 62.5 Å². The summed E-state index contributed by atoms with van der Waals surface area (Å²) < 4.78 is 0. The molecular formula is C72H116N16O17S. The van der Waals surface area contributed by atoms with E-state index >= 15 is 0 Å². The highest BCUT2D eigenvalue weighted by molar-refractivity contribution is 7.98. The summed E-state index contributed by atoms with van der Waals surface area (Å²) in [5.74, 6) is -15.7. The molecule has 34 heteroatoms. The predicted octanol–water partition coefficient (Wildman–Crippen LogP) is -1.16. The number of carbonyl (C=O) groups is 13. The van der Waals surface area contributed by atoms with E-state index < -0.39 is 203 Å². The fraction of sp³-hybridized carbons (Fsp3) is 0.611. The third-order valence-corrected chi connectivity index (χ3v) is 18.0. The van der Waals surface area contributed by atoms with Gasteiger partial charge in [0.25, 0.3) is 0 Å². The van der Waals surface area contributed by atoms with Gasteiger partial charge in [-0.05, 0) is 111 Å². The lowest BCUT2D eigenvalue weighted by atomic mass is 9.96. The van der Waals surface area contributed by atoms with E-state index in [1.165, 1.54) is 50.7 Å². The van der Waals surface area contributed by atoms with Crippen molar-refractivity contribution in [1.82, 2.24) is 63.8 Å². The highest BCUT2D eigenvalue weighted by atomic mass is 32.2. The van der Waals surface area contributed by atoms with Crippen molar-refractivity contribution < 1.29 is 82.8 Å². The highest BCUT2D eigenvalue weighted by Gasteiger charge is 2.41. The summed E-state index contributed by atoms with van der Waals surface area (Å²) >= 11 is 1.35. The maximum absolute atomic E-state index is 14.4. The molecule has 0 radical (unpaired) electrons. The van der Waals surface area contributed by atoms with Gasteiger partial charge in [-0.1, -0.05) is 138 Å². The van der Waals surface area contributed by atoms with Gasteiger partial charge in [-0.2, -0.15) is 11.8 Å². The lowest BCUT2D eigenvalue weighted by Crippen LogP contribution is -2.64. The molecule has 15 atom stereocenters. The van der Waals surface area contributed by atoms with E-state index in [1.807, 2.05) is 0 Å². The number of phenols is 1. The number of aliphatic carboxylic acids is 1. The number of allylic oxidation sites excluding steroid dienone is 1. The molecule has 106 heavy (non-hydrogen) atoms. The minimum Gasteiger partial charge on any atom is -0.508 e. The summed E-state index contributed by atoms with van der Waals surface area (Å²) in [4.78, 5) is 185. The number of nitrogens with two attached hydrogens (primary N) is 3. The standard InChI is InChI=1S/C72H116N16O17S/c1-17-40(13)56(86-70(103)58(42(15)90)87-67(100)53(37(7)8)81-60(93)48(30-32-106-16)78-61(94)49(34-44-26-28-45(91)29-27-44)79-59(92)46(73)25-22-31-76-72(74)75)68(101)88-57(41(14)89)69(102)85-55(39(11)12)66(99)84-54(38(9)10)65(98)83-52(36(5)6)64(97)80-50(33-43-23-20-19-21-24-43)62(95)82-51(35(3)4)63(96)77-47(18-2)71(104)105/h18-21,23-24,26-29,35-42,46,48-58,89-91H,17,22,25,30-34,73H2,1-16H3,(H,77,96)(H,78,94)(H,79,92)(H,80,97)(H,81,93)(H,82,95)(H,83,98)(H,84,99)(H,85,102)(H,86,103)(H,87,100)(H,88,101)(H,104,105)(H4,74,75,76)/b47-18+/t40-,41+,42+,46-,48-,49-,50-,51-,52-,53-,54-,55-,56-,57-,58-/m0/s1. The molecule has 2 aromatic rings. The Bertz CT molecular complexity index is 3330. The number of carboxylic acid groups (broad SMARTS) is 1. The van der Waals surface area contributed by atoms with Gasteiger partial charge in [0.05, 0.1) is 18.2 Å². The number of phenolic OH excluding ortho intramolecular Hbond substituents is 1. The highest BCUT2D eigenvalue weighted by Crippen LogP contribution is 2.18. The zero-order valence-electron chi connectivity index (χ0n) is 63.7. The zero-order valence-corrected chi connectivity index (χ0v) is 64.5. The van der Waals surface area contributed by atoms with Crippen LogP contribution in [0.3, 0.4) is 0 Å². The molecule has 22 N–H and O–H groups in total. The summed E-state index contributed by atoms with van der Waals surface area (Å²) in [7, 11) is 0. The quantitative estimate of drug-likeness (QED) is 0.0161. The number of carboxylic acids is 1. The van der Waals surface area contributed by atoms with Crippen LogP contribution in [-0.4, -0.2) is 207 Å². The second-order valence-corrected chi connectivity index (χ2v) is 29.0. The number of aliphatic imine (C=N–C) groups is 1. The van der Waals surface area contributed by atoms with E-state index in [4.69, 9.17) is 17.2 Å². The van der Waals surface area contributed by atoms with Gasteiger partial charge < -0.3 is 101 Å². The molecule has 0 unspecified atom stereocenters. The van der Waals surface area contributed by atoms with Crippen molar-refractivity contribution in [3.05, 3.63) is 77.5 Å². The Morgan fingerprint density at radius 3 is 1.18 bits per heavy atom. The van der Waals surface area contributed by atoms with Crippen molar-refractivity contribution in [2.24, 2.45) is 57.7 Å². The molecule has 2 rings (SSSR count). The molecule has 0 aliphatic heterocycles. The average Bonchev–Trinajstić information content (AvgIpc) is 0.850.